The molecule has 0 saturated heterocycles. The SMILES string of the molecule is Cc1cccc(CNC(=O)[C@@H](C)Oc2ccc3c(c2)[C@H](c2cccc(C)c2)N(C(=O)c2ccccc2)CC3)c1. The standard InChI is InChI=1S/C34H34N2O3/c1-23-9-7-11-26(19-23)22-35-33(37)25(3)39-30-16-15-27-17-18-36(34(38)28-12-5-4-6-13-28)32(31(27)21-30)29-14-8-10-24(2)20-29/h4-16,19-21,25,32H,17-18,22H2,1-3H3,(H,35,37)/t25-,32+/m1/s1. The maximum atomic E-state index is 13.7. The second kappa shape index (κ2) is 11.6. The maximum Gasteiger partial charge on any atom is 0.261 e. The van der Waals surface area contributed by atoms with Gasteiger partial charge in [0.25, 0.3) is 11.8 Å². The van der Waals surface area contributed by atoms with Crippen molar-refractivity contribution in [2.24, 2.45) is 0 Å². The van der Waals surface area contributed by atoms with Crippen LogP contribution in [-0.2, 0) is 17.8 Å². The summed E-state index contributed by atoms with van der Waals surface area (Å²) in [5.74, 6) is 0.437. The normalized spacial score (nSPS) is 15.3. The number of carbonyl (C=O) groups excluding carboxylic acids is 2. The molecule has 2 atom stereocenters. The van der Waals surface area contributed by atoms with Crippen molar-refractivity contribution in [1.29, 1.82) is 0 Å². The van der Waals surface area contributed by atoms with E-state index in [9.17, 15) is 9.59 Å². The molecule has 198 valence electrons. The third kappa shape index (κ3) is 6.04. The van der Waals surface area contributed by atoms with Crippen molar-refractivity contribution in [3.05, 3.63) is 136 Å². The van der Waals surface area contributed by atoms with E-state index in [1.54, 1.807) is 6.92 Å². The topological polar surface area (TPSA) is 58.6 Å². The number of ether oxygens (including phenoxy) is 1. The molecule has 4 aromatic carbocycles. The van der Waals surface area contributed by atoms with Crippen LogP contribution < -0.4 is 10.1 Å². The van der Waals surface area contributed by atoms with Gasteiger partial charge in [0, 0.05) is 18.7 Å². The van der Waals surface area contributed by atoms with E-state index in [1.807, 2.05) is 78.6 Å². The summed E-state index contributed by atoms with van der Waals surface area (Å²) in [6, 6.07) is 31.5. The Hall–Kier alpha value is -4.38. The third-order valence-corrected chi connectivity index (χ3v) is 7.22. The number of fused-ring (bicyclic) bond motifs is 1. The molecule has 0 aliphatic carbocycles. The van der Waals surface area contributed by atoms with Gasteiger partial charge in [-0.05, 0) is 73.7 Å². The van der Waals surface area contributed by atoms with E-state index >= 15 is 0 Å². The summed E-state index contributed by atoms with van der Waals surface area (Å²) in [4.78, 5) is 28.5. The Bertz CT molecular complexity index is 1480. The molecule has 2 amide bonds. The Labute approximate surface area is 230 Å². The number of amides is 2. The first kappa shape index (κ1) is 26.2. The molecule has 5 nitrogen and oxygen atoms in total. The van der Waals surface area contributed by atoms with Gasteiger partial charge in [0.15, 0.2) is 6.10 Å². The summed E-state index contributed by atoms with van der Waals surface area (Å²) in [5, 5.41) is 2.97. The van der Waals surface area contributed by atoms with Crippen LogP contribution in [-0.4, -0.2) is 29.4 Å². The van der Waals surface area contributed by atoms with E-state index in [0.717, 1.165) is 34.2 Å². The average molecular weight is 519 g/mol. The number of nitrogens with one attached hydrogen (secondary N) is 1. The first-order valence-corrected chi connectivity index (χ1v) is 13.4. The van der Waals surface area contributed by atoms with Gasteiger partial charge in [-0.15, -0.1) is 0 Å². The Kier molecular flexibility index (Phi) is 7.78. The van der Waals surface area contributed by atoms with Gasteiger partial charge in [-0.1, -0.05) is 83.9 Å². The van der Waals surface area contributed by atoms with E-state index < -0.39 is 6.10 Å². The minimum atomic E-state index is -0.670. The van der Waals surface area contributed by atoms with Crippen molar-refractivity contribution in [2.45, 2.75) is 45.9 Å². The van der Waals surface area contributed by atoms with Gasteiger partial charge in [0.05, 0.1) is 6.04 Å². The molecular weight excluding hydrogens is 484 g/mol. The molecule has 0 radical (unpaired) electrons. The highest BCUT2D eigenvalue weighted by molar-refractivity contribution is 5.95. The maximum absolute atomic E-state index is 13.7. The summed E-state index contributed by atoms with van der Waals surface area (Å²) in [6.07, 6.45) is 0.0826. The molecule has 1 aliphatic rings. The van der Waals surface area contributed by atoms with Crippen LogP contribution in [0.15, 0.2) is 97.1 Å². The fourth-order valence-electron chi connectivity index (χ4n) is 5.24. The lowest BCUT2D eigenvalue weighted by Gasteiger charge is -2.38. The van der Waals surface area contributed by atoms with Gasteiger partial charge >= 0.3 is 0 Å². The first-order chi connectivity index (χ1) is 18.9. The van der Waals surface area contributed by atoms with Gasteiger partial charge < -0.3 is 15.0 Å². The van der Waals surface area contributed by atoms with E-state index in [2.05, 4.69) is 42.6 Å². The zero-order chi connectivity index (χ0) is 27.4. The van der Waals surface area contributed by atoms with Crippen LogP contribution in [0.1, 0.15) is 56.7 Å². The minimum Gasteiger partial charge on any atom is -0.481 e. The van der Waals surface area contributed by atoms with Gasteiger partial charge in [-0.3, -0.25) is 9.59 Å². The van der Waals surface area contributed by atoms with Crippen LogP contribution in [0.5, 0.6) is 5.75 Å². The molecule has 39 heavy (non-hydrogen) atoms. The second-order valence-electron chi connectivity index (χ2n) is 10.3. The smallest absolute Gasteiger partial charge is 0.261 e. The number of benzene rings is 4. The largest absolute Gasteiger partial charge is 0.481 e. The average Bonchev–Trinajstić information content (AvgIpc) is 2.95. The highest BCUT2D eigenvalue weighted by Gasteiger charge is 2.33. The molecule has 0 saturated carbocycles. The highest BCUT2D eigenvalue weighted by Crippen LogP contribution is 2.38. The van der Waals surface area contributed by atoms with Crippen LogP contribution in [0.4, 0.5) is 0 Å². The molecule has 1 aliphatic heterocycles. The predicted molar refractivity (Wildman–Crippen MR) is 154 cm³/mol. The van der Waals surface area contributed by atoms with E-state index in [-0.39, 0.29) is 17.9 Å². The summed E-state index contributed by atoms with van der Waals surface area (Å²) in [6.45, 7) is 6.93. The van der Waals surface area contributed by atoms with Gasteiger partial charge in [-0.2, -0.15) is 0 Å². The number of carbonyl (C=O) groups is 2. The first-order valence-electron chi connectivity index (χ1n) is 13.4. The molecule has 5 rings (SSSR count). The van der Waals surface area contributed by atoms with Gasteiger partial charge in [0.2, 0.25) is 0 Å². The summed E-state index contributed by atoms with van der Waals surface area (Å²) in [5.41, 5.74) is 7.28. The molecule has 1 heterocycles. The number of aryl methyl sites for hydroxylation is 2. The minimum absolute atomic E-state index is 0.00275. The Morgan fingerprint density at radius 2 is 1.64 bits per heavy atom. The van der Waals surface area contributed by atoms with Crippen LogP contribution in [0.25, 0.3) is 0 Å². The second-order valence-corrected chi connectivity index (χ2v) is 10.3. The molecule has 0 aromatic heterocycles. The lowest BCUT2D eigenvalue weighted by molar-refractivity contribution is -0.127. The summed E-state index contributed by atoms with van der Waals surface area (Å²) in [7, 11) is 0. The van der Waals surface area contributed by atoms with Crippen LogP contribution in [0.3, 0.4) is 0 Å². The van der Waals surface area contributed by atoms with Crippen molar-refractivity contribution in [3.8, 4) is 5.75 Å². The van der Waals surface area contributed by atoms with Gasteiger partial charge in [-0.25, -0.2) is 0 Å². The van der Waals surface area contributed by atoms with Crippen molar-refractivity contribution in [3.63, 3.8) is 0 Å². The van der Waals surface area contributed by atoms with Crippen molar-refractivity contribution in [2.75, 3.05) is 6.54 Å². The quantitative estimate of drug-likeness (QED) is 0.318. The van der Waals surface area contributed by atoms with Crippen molar-refractivity contribution < 1.29 is 14.3 Å². The Morgan fingerprint density at radius 3 is 2.38 bits per heavy atom. The summed E-state index contributed by atoms with van der Waals surface area (Å²) < 4.78 is 6.13. The zero-order valence-electron chi connectivity index (χ0n) is 22.7. The molecule has 0 unspecified atom stereocenters. The van der Waals surface area contributed by atoms with E-state index in [0.29, 0.717) is 24.4 Å². The molecule has 1 N–H and O–H groups in total. The van der Waals surface area contributed by atoms with Crippen molar-refractivity contribution in [1.82, 2.24) is 10.2 Å². The lowest BCUT2D eigenvalue weighted by atomic mass is 9.87. The number of hydrogen-bond donors (Lipinski definition) is 1. The molecule has 0 bridgehead atoms. The fourth-order valence-corrected chi connectivity index (χ4v) is 5.24. The lowest BCUT2D eigenvalue weighted by Crippen LogP contribution is -2.40. The zero-order valence-corrected chi connectivity index (χ0v) is 22.7. The number of hydrogen-bond acceptors (Lipinski definition) is 3. The Balaban J connectivity index is 1.40. The van der Waals surface area contributed by atoms with Crippen LogP contribution in [0.2, 0.25) is 0 Å². The van der Waals surface area contributed by atoms with Crippen LogP contribution >= 0.6 is 0 Å². The third-order valence-electron chi connectivity index (χ3n) is 7.22. The van der Waals surface area contributed by atoms with E-state index in [1.165, 1.54) is 5.56 Å². The molecule has 4 aromatic rings. The molecule has 0 fully saturated rings. The summed E-state index contributed by atoms with van der Waals surface area (Å²) >= 11 is 0. The highest BCUT2D eigenvalue weighted by atomic mass is 16.5. The number of nitrogens with zero attached hydrogens (tertiary/aromatic N) is 1. The predicted octanol–water partition coefficient (Wildman–Crippen LogP) is 6.18. The number of rotatable bonds is 7. The van der Waals surface area contributed by atoms with Crippen LogP contribution in [0, 0.1) is 13.8 Å². The molecule has 5 heteroatoms. The molecule has 0 spiro atoms. The van der Waals surface area contributed by atoms with E-state index in [4.69, 9.17) is 4.74 Å². The van der Waals surface area contributed by atoms with Gasteiger partial charge in [0.1, 0.15) is 5.75 Å². The fraction of sp³-hybridized carbons (Fsp3) is 0.235. The molecular formula is C34H34N2O3. The Morgan fingerprint density at radius 1 is 0.897 bits per heavy atom. The monoisotopic (exact) mass is 518 g/mol. The van der Waals surface area contributed by atoms with Crippen molar-refractivity contribution >= 4 is 11.8 Å².